The van der Waals surface area contributed by atoms with E-state index in [1.165, 1.54) is 18.2 Å². The lowest BCUT2D eigenvalue weighted by molar-refractivity contribution is -0.155. The van der Waals surface area contributed by atoms with Crippen molar-refractivity contribution in [1.29, 1.82) is 0 Å². The molecule has 0 aromatic heterocycles. The summed E-state index contributed by atoms with van der Waals surface area (Å²) < 4.78 is 0. The van der Waals surface area contributed by atoms with E-state index in [9.17, 15) is 14.4 Å². The van der Waals surface area contributed by atoms with Crippen molar-refractivity contribution in [3.05, 3.63) is 36.0 Å². The minimum atomic E-state index is -1.71. The molecule has 1 aliphatic rings. The van der Waals surface area contributed by atoms with E-state index in [2.05, 4.69) is 11.9 Å². The molecule has 20 heavy (non-hydrogen) atoms. The maximum absolute atomic E-state index is 11.6. The zero-order chi connectivity index (χ0) is 15.9. The second kappa shape index (κ2) is 7.93. The Hall–Kier alpha value is -2.37. The molecule has 0 saturated carbocycles. The molecule has 0 aromatic carbocycles. The molecule has 6 heteroatoms. The molecule has 110 valence electrons. The predicted octanol–water partition coefficient (Wildman–Crippen LogP) is 1.36. The average molecular weight is 281 g/mol. The van der Waals surface area contributed by atoms with Gasteiger partial charge in [0.1, 0.15) is 0 Å². The summed E-state index contributed by atoms with van der Waals surface area (Å²) in [4.78, 5) is 33.6. The molecule has 1 heterocycles. The van der Waals surface area contributed by atoms with Crippen LogP contribution in [0.2, 0.25) is 0 Å². The van der Waals surface area contributed by atoms with Crippen LogP contribution in [0.15, 0.2) is 36.0 Å². The molecular formula is C14H19NO5. The summed E-state index contributed by atoms with van der Waals surface area (Å²) in [6, 6.07) is -1.07. The fourth-order valence-electron chi connectivity index (χ4n) is 1.87. The van der Waals surface area contributed by atoms with Crippen LogP contribution < -0.4 is 5.32 Å². The van der Waals surface area contributed by atoms with Crippen LogP contribution in [0.5, 0.6) is 0 Å². The van der Waals surface area contributed by atoms with Crippen LogP contribution in [0.4, 0.5) is 0 Å². The van der Waals surface area contributed by atoms with Gasteiger partial charge < -0.3 is 15.5 Å². The highest BCUT2D eigenvalue weighted by Crippen LogP contribution is 2.27. The van der Waals surface area contributed by atoms with E-state index in [1.54, 1.807) is 6.92 Å². The number of hydrogen-bond donors (Lipinski definition) is 3. The summed E-state index contributed by atoms with van der Waals surface area (Å²) in [5.74, 6) is -5.20. The minimum Gasteiger partial charge on any atom is -0.481 e. The number of aliphatic carboxylic acids is 2. The summed E-state index contributed by atoms with van der Waals surface area (Å²) in [5, 5.41) is 20.2. The highest BCUT2D eigenvalue weighted by molar-refractivity contribution is 6.05. The minimum absolute atomic E-state index is 0.241. The van der Waals surface area contributed by atoms with Gasteiger partial charge in [-0.05, 0) is 18.6 Å². The fourth-order valence-corrected chi connectivity index (χ4v) is 1.87. The molecule has 0 aliphatic carbocycles. The summed E-state index contributed by atoms with van der Waals surface area (Å²) in [7, 11) is 0. The SMILES string of the molecule is C=C/C=C1/C(=O)NC(C(C(=O)O)C(=O)O)/C1=C/C.CC. The summed E-state index contributed by atoms with van der Waals surface area (Å²) >= 11 is 0. The first-order chi connectivity index (χ1) is 9.43. The third kappa shape index (κ3) is 3.57. The van der Waals surface area contributed by atoms with Crippen molar-refractivity contribution < 1.29 is 24.6 Å². The molecule has 1 unspecified atom stereocenters. The Labute approximate surface area is 117 Å². The molecule has 6 nitrogen and oxygen atoms in total. The van der Waals surface area contributed by atoms with E-state index in [1.807, 2.05) is 13.8 Å². The first-order valence-corrected chi connectivity index (χ1v) is 6.19. The lowest BCUT2D eigenvalue weighted by Gasteiger charge is -2.16. The molecule has 1 atom stereocenters. The Bertz CT molecular complexity index is 462. The third-order valence-corrected chi connectivity index (χ3v) is 2.64. The van der Waals surface area contributed by atoms with Gasteiger partial charge in [0.05, 0.1) is 6.04 Å². The van der Waals surface area contributed by atoms with Gasteiger partial charge in [0.25, 0.3) is 5.91 Å². The largest absolute Gasteiger partial charge is 0.481 e. The van der Waals surface area contributed by atoms with Crippen molar-refractivity contribution in [3.8, 4) is 0 Å². The Morgan fingerprint density at radius 2 is 1.80 bits per heavy atom. The molecule has 0 spiro atoms. The molecule has 1 rings (SSSR count). The van der Waals surface area contributed by atoms with Gasteiger partial charge in [-0.2, -0.15) is 0 Å². The molecule has 0 aromatic rings. The zero-order valence-electron chi connectivity index (χ0n) is 11.7. The molecule has 1 amide bonds. The first-order valence-electron chi connectivity index (χ1n) is 6.19. The number of hydrogen-bond acceptors (Lipinski definition) is 3. The molecular weight excluding hydrogens is 262 g/mol. The van der Waals surface area contributed by atoms with E-state index in [-0.39, 0.29) is 5.57 Å². The number of nitrogens with one attached hydrogen (secondary N) is 1. The van der Waals surface area contributed by atoms with Crippen LogP contribution >= 0.6 is 0 Å². The highest BCUT2D eigenvalue weighted by Gasteiger charge is 2.43. The van der Waals surface area contributed by atoms with E-state index in [4.69, 9.17) is 10.2 Å². The quantitative estimate of drug-likeness (QED) is 0.533. The van der Waals surface area contributed by atoms with Crippen LogP contribution in [0.25, 0.3) is 0 Å². The number of carboxylic acids is 2. The van der Waals surface area contributed by atoms with Crippen molar-refractivity contribution in [1.82, 2.24) is 5.32 Å². The maximum atomic E-state index is 11.6. The van der Waals surface area contributed by atoms with E-state index in [0.717, 1.165) is 0 Å². The van der Waals surface area contributed by atoms with Gasteiger partial charge in [-0.1, -0.05) is 32.6 Å². The van der Waals surface area contributed by atoms with E-state index >= 15 is 0 Å². The third-order valence-electron chi connectivity index (χ3n) is 2.64. The van der Waals surface area contributed by atoms with Gasteiger partial charge in [0.2, 0.25) is 0 Å². The van der Waals surface area contributed by atoms with E-state index in [0.29, 0.717) is 5.57 Å². The molecule has 1 aliphatic heterocycles. The molecule has 1 fully saturated rings. The Balaban J connectivity index is 0.00000172. The van der Waals surface area contributed by atoms with Gasteiger partial charge in [-0.25, -0.2) is 0 Å². The lowest BCUT2D eigenvalue weighted by atomic mass is 9.92. The number of allylic oxidation sites excluding steroid dienone is 3. The lowest BCUT2D eigenvalue weighted by Crippen LogP contribution is -2.42. The maximum Gasteiger partial charge on any atom is 0.320 e. The second-order valence-corrected chi connectivity index (χ2v) is 3.67. The number of carbonyl (C=O) groups excluding carboxylic acids is 1. The fraction of sp³-hybridized carbons (Fsp3) is 0.357. The average Bonchev–Trinajstić information content (AvgIpc) is 2.68. The van der Waals surface area contributed by atoms with Crippen LogP contribution in [0, 0.1) is 5.92 Å². The Kier molecular flexibility index (Phi) is 6.99. The summed E-state index contributed by atoms with van der Waals surface area (Å²) in [6.07, 6.45) is 4.33. The van der Waals surface area contributed by atoms with Crippen LogP contribution in [0.3, 0.4) is 0 Å². The Morgan fingerprint density at radius 3 is 2.15 bits per heavy atom. The van der Waals surface area contributed by atoms with Crippen molar-refractivity contribution >= 4 is 17.8 Å². The second-order valence-electron chi connectivity index (χ2n) is 3.67. The first kappa shape index (κ1) is 17.6. The van der Waals surface area contributed by atoms with Gasteiger partial charge in [-0.3, -0.25) is 14.4 Å². The van der Waals surface area contributed by atoms with Gasteiger partial charge >= 0.3 is 11.9 Å². The van der Waals surface area contributed by atoms with Gasteiger partial charge in [-0.15, -0.1) is 0 Å². The summed E-state index contributed by atoms with van der Waals surface area (Å²) in [5.41, 5.74) is 0.597. The standard InChI is InChI=1S/C12H13NO5.C2H6/c1-3-5-7-6(4-2)9(13-10(7)14)8(11(15)16)12(17)18;1-2/h3-5,8-9H,1H2,2H3,(H,13,14)(H,15,16)(H,17,18);1-2H3/b6-4+,7-5+;. The van der Waals surface area contributed by atoms with Gasteiger partial charge in [0, 0.05) is 5.57 Å². The topological polar surface area (TPSA) is 104 Å². The van der Waals surface area contributed by atoms with Crippen molar-refractivity contribution in [2.45, 2.75) is 26.8 Å². The highest BCUT2D eigenvalue weighted by atomic mass is 16.4. The smallest absolute Gasteiger partial charge is 0.320 e. The van der Waals surface area contributed by atoms with Gasteiger partial charge in [0.15, 0.2) is 5.92 Å². The molecule has 0 bridgehead atoms. The number of carbonyl (C=O) groups is 3. The predicted molar refractivity (Wildman–Crippen MR) is 74.1 cm³/mol. The van der Waals surface area contributed by atoms with E-state index < -0.39 is 29.8 Å². The summed E-state index contributed by atoms with van der Waals surface area (Å²) in [6.45, 7) is 9.06. The van der Waals surface area contributed by atoms with Crippen LogP contribution in [-0.4, -0.2) is 34.1 Å². The zero-order valence-corrected chi connectivity index (χ0v) is 11.7. The molecule has 3 N–H and O–H groups in total. The number of rotatable bonds is 4. The number of amides is 1. The molecule has 1 saturated heterocycles. The molecule has 0 radical (unpaired) electrons. The van der Waals surface area contributed by atoms with Crippen molar-refractivity contribution in [3.63, 3.8) is 0 Å². The normalized spacial score (nSPS) is 21.4. The van der Waals surface area contributed by atoms with Crippen LogP contribution in [-0.2, 0) is 14.4 Å². The van der Waals surface area contributed by atoms with Crippen molar-refractivity contribution in [2.75, 3.05) is 0 Å². The monoisotopic (exact) mass is 281 g/mol. The number of carboxylic acid groups (broad SMARTS) is 2. The Morgan fingerprint density at radius 1 is 1.30 bits per heavy atom. The van der Waals surface area contributed by atoms with Crippen molar-refractivity contribution in [2.24, 2.45) is 5.92 Å². The van der Waals surface area contributed by atoms with Crippen LogP contribution in [0.1, 0.15) is 20.8 Å².